The quantitative estimate of drug-likeness (QED) is 0.740. The van der Waals surface area contributed by atoms with Crippen LogP contribution in [0.4, 0.5) is 10.1 Å². The van der Waals surface area contributed by atoms with E-state index in [0.717, 1.165) is 16.7 Å². The molecule has 96 valence electrons. The van der Waals surface area contributed by atoms with E-state index in [-0.39, 0.29) is 5.82 Å². The summed E-state index contributed by atoms with van der Waals surface area (Å²) in [6, 6.07) is 10.3. The fourth-order valence-electron chi connectivity index (χ4n) is 2.01. The summed E-state index contributed by atoms with van der Waals surface area (Å²) in [5, 5.41) is 3.38. The van der Waals surface area contributed by atoms with Crippen molar-refractivity contribution in [3.05, 3.63) is 47.2 Å². The number of halogens is 2. The van der Waals surface area contributed by atoms with Crippen molar-refractivity contribution in [2.75, 3.05) is 12.4 Å². The molecule has 0 fully saturated rings. The van der Waals surface area contributed by atoms with E-state index in [0.29, 0.717) is 16.4 Å². The van der Waals surface area contributed by atoms with Gasteiger partial charge in [-0.2, -0.15) is 0 Å². The van der Waals surface area contributed by atoms with Gasteiger partial charge in [0.2, 0.25) is 0 Å². The molecule has 5 heteroatoms. The molecular formula is C14H11ClFN3. The molecule has 0 amide bonds. The van der Waals surface area contributed by atoms with Gasteiger partial charge in [0.05, 0.1) is 21.6 Å². The normalized spacial score (nSPS) is 10.9. The average molecular weight is 276 g/mol. The highest BCUT2D eigenvalue weighted by atomic mass is 35.5. The number of fused-ring (bicyclic) bond motifs is 1. The largest absolute Gasteiger partial charge is 0.388 e. The van der Waals surface area contributed by atoms with Gasteiger partial charge in [0.25, 0.3) is 0 Å². The summed E-state index contributed by atoms with van der Waals surface area (Å²) >= 11 is 6.04. The summed E-state index contributed by atoms with van der Waals surface area (Å²) in [5.41, 5.74) is 2.86. The highest BCUT2D eigenvalue weighted by Gasteiger charge is 2.13. The number of H-pyrrole nitrogens is 1. The number of hydrogen-bond donors (Lipinski definition) is 2. The monoisotopic (exact) mass is 275 g/mol. The molecule has 3 nitrogen and oxygen atoms in total. The van der Waals surface area contributed by atoms with E-state index in [4.69, 9.17) is 11.6 Å². The zero-order valence-corrected chi connectivity index (χ0v) is 10.9. The van der Waals surface area contributed by atoms with Gasteiger partial charge in [-0.25, -0.2) is 9.37 Å². The van der Waals surface area contributed by atoms with E-state index in [1.807, 2.05) is 25.2 Å². The van der Waals surface area contributed by atoms with Gasteiger partial charge in [0.15, 0.2) is 0 Å². The number of imidazole rings is 1. The van der Waals surface area contributed by atoms with Crippen LogP contribution in [0.5, 0.6) is 0 Å². The van der Waals surface area contributed by atoms with Crippen LogP contribution in [-0.4, -0.2) is 17.0 Å². The molecule has 0 radical (unpaired) electrons. The van der Waals surface area contributed by atoms with Crippen molar-refractivity contribution in [1.82, 2.24) is 9.97 Å². The molecule has 1 aromatic heterocycles. The number of aromatic nitrogens is 2. The fraction of sp³-hybridized carbons (Fsp3) is 0.0714. The Morgan fingerprint density at radius 1 is 1.26 bits per heavy atom. The maximum atomic E-state index is 13.9. The second-order valence-electron chi connectivity index (χ2n) is 4.16. The van der Waals surface area contributed by atoms with E-state index in [1.165, 1.54) is 6.07 Å². The van der Waals surface area contributed by atoms with Gasteiger partial charge in [-0.15, -0.1) is 0 Å². The lowest BCUT2D eigenvalue weighted by Gasteiger charge is -2.01. The molecule has 3 aromatic rings. The third kappa shape index (κ3) is 2.04. The van der Waals surface area contributed by atoms with Crippen LogP contribution in [0.2, 0.25) is 5.02 Å². The van der Waals surface area contributed by atoms with Crippen molar-refractivity contribution in [2.24, 2.45) is 0 Å². The van der Waals surface area contributed by atoms with Gasteiger partial charge < -0.3 is 10.3 Å². The summed E-state index contributed by atoms with van der Waals surface area (Å²) in [6.45, 7) is 0. The number of anilines is 1. The molecule has 0 aliphatic carbocycles. The Bertz CT molecular complexity index is 731. The Balaban J connectivity index is 2.21. The molecule has 0 bridgehead atoms. The summed E-state index contributed by atoms with van der Waals surface area (Å²) in [5.74, 6) is 0.0479. The third-order valence-electron chi connectivity index (χ3n) is 2.97. The Hall–Kier alpha value is -2.07. The van der Waals surface area contributed by atoms with Gasteiger partial charge in [0, 0.05) is 12.7 Å². The second-order valence-corrected chi connectivity index (χ2v) is 4.57. The first kappa shape index (κ1) is 12.0. The Morgan fingerprint density at radius 3 is 2.84 bits per heavy atom. The van der Waals surface area contributed by atoms with Crippen molar-refractivity contribution in [2.45, 2.75) is 0 Å². The predicted molar refractivity (Wildman–Crippen MR) is 76.0 cm³/mol. The topological polar surface area (TPSA) is 40.7 Å². The van der Waals surface area contributed by atoms with Crippen LogP contribution >= 0.6 is 11.6 Å². The fourth-order valence-corrected chi connectivity index (χ4v) is 2.26. The Kier molecular flexibility index (Phi) is 2.87. The molecule has 0 atom stereocenters. The molecule has 0 saturated heterocycles. The molecule has 2 N–H and O–H groups in total. The number of nitrogens with zero attached hydrogens (tertiary/aromatic N) is 1. The van der Waals surface area contributed by atoms with Crippen molar-refractivity contribution in [3.8, 4) is 11.4 Å². The highest BCUT2D eigenvalue weighted by molar-refractivity contribution is 6.33. The van der Waals surface area contributed by atoms with Crippen molar-refractivity contribution in [3.63, 3.8) is 0 Å². The van der Waals surface area contributed by atoms with Crippen LogP contribution in [0, 0.1) is 5.82 Å². The lowest BCUT2D eigenvalue weighted by Crippen LogP contribution is -1.87. The van der Waals surface area contributed by atoms with Gasteiger partial charge >= 0.3 is 0 Å². The molecule has 1 heterocycles. The summed E-state index contributed by atoms with van der Waals surface area (Å²) in [6.07, 6.45) is 0. The van der Waals surface area contributed by atoms with Gasteiger partial charge in [-0.1, -0.05) is 17.7 Å². The minimum Gasteiger partial charge on any atom is -0.388 e. The minimum absolute atomic E-state index is 0.298. The number of rotatable bonds is 2. The summed E-state index contributed by atoms with van der Waals surface area (Å²) < 4.78 is 13.9. The van der Waals surface area contributed by atoms with E-state index >= 15 is 0 Å². The first-order valence-electron chi connectivity index (χ1n) is 5.81. The number of aromatic amines is 1. The van der Waals surface area contributed by atoms with Crippen molar-refractivity contribution >= 4 is 28.3 Å². The molecule has 0 aliphatic rings. The minimum atomic E-state index is -0.389. The molecular weight excluding hydrogens is 265 g/mol. The van der Waals surface area contributed by atoms with Crippen LogP contribution in [0.1, 0.15) is 0 Å². The zero-order chi connectivity index (χ0) is 13.4. The van der Waals surface area contributed by atoms with Gasteiger partial charge in [-0.05, 0) is 30.3 Å². The average Bonchev–Trinajstić information content (AvgIpc) is 2.80. The van der Waals surface area contributed by atoms with E-state index in [2.05, 4.69) is 15.3 Å². The van der Waals surface area contributed by atoms with Crippen LogP contribution in [0.25, 0.3) is 22.4 Å². The molecule has 2 aromatic carbocycles. The van der Waals surface area contributed by atoms with Gasteiger partial charge in [-0.3, -0.25) is 0 Å². The van der Waals surface area contributed by atoms with Gasteiger partial charge in [0.1, 0.15) is 11.6 Å². The molecule has 0 unspecified atom stereocenters. The zero-order valence-electron chi connectivity index (χ0n) is 10.2. The second kappa shape index (κ2) is 4.55. The summed E-state index contributed by atoms with van der Waals surface area (Å²) in [4.78, 5) is 7.46. The Morgan fingerprint density at radius 2 is 2.11 bits per heavy atom. The van der Waals surface area contributed by atoms with Crippen molar-refractivity contribution in [1.29, 1.82) is 0 Å². The molecule has 0 aliphatic heterocycles. The third-order valence-corrected chi connectivity index (χ3v) is 3.29. The van der Waals surface area contributed by atoms with Crippen LogP contribution in [-0.2, 0) is 0 Å². The van der Waals surface area contributed by atoms with E-state index in [9.17, 15) is 4.39 Å². The number of benzene rings is 2. The van der Waals surface area contributed by atoms with Crippen molar-refractivity contribution < 1.29 is 4.39 Å². The van der Waals surface area contributed by atoms with E-state index in [1.54, 1.807) is 12.1 Å². The lowest BCUT2D eigenvalue weighted by atomic mass is 10.2. The maximum absolute atomic E-state index is 13.9. The van der Waals surface area contributed by atoms with Crippen LogP contribution in [0.15, 0.2) is 36.4 Å². The number of nitrogens with one attached hydrogen (secondary N) is 2. The predicted octanol–water partition coefficient (Wildman–Crippen LogP) is 4.06. The molecule has 3 rings (SSSR count). The SMILES string of the molecule is CNc1ccc2nc(-c3c(F)cccc3Cl)[nH]c2c1. The molecule has 0 saturated carbocycles. The first-order chi connectivity index (χ1) is 9.19. The Labute approximate surface area is 114 Å². The lowest BCUT2D eigenvalue weighted by molar-refractivity contribution is 0.630. The van der Waals surface area contributed by atoms with E-state index < -0.39 is 0 Å². The highest BCUT2D eigenvalue weighted by Crippen LogP contribution is 2.30. The van der Waals surface area contributed by atoms with Crippen LogP contribution < -0.4 is 5.32 Å². The smallest absolute Gasteiger partial charge is 0.142 e. The maximum Gasteiger partial charge on any atom is 0.142 e. The molecule has 0 spiro atoms. The standard InChI is InChI=1S/C14H11ClFN3/c1-17-8-5-6-11-12(7-8)19-14(18-11)13-9(15)3-2-4-10(13)16/h2-7,17H,1H3,(H,18,19). The molecule has 19 heavy (non-hydrogen) atoms. The van der Waals surface area contributed by atoms with Crippen LogP contribution in [0.3, 0.4) is 0 Å². The number of hydrogen-bond acceptors (Lipinski definition) is 2. The first-order valence-corrected chi connectivity index (χ1v) is 6.19. The summed E-state index contributed by atoms with van der Waals surface area (Å²) in [7, 11) is 1.84.